The van der Waals surface area contributed by atoms with Gasteiger partial charge < -0.3 is 14.6 Å². The van der Waals surface area contributed by atoms with Gasteiger partial charge >= 0.3 is 0 Å². The fourth-order valence-electron chi connectivity index (χ4n) is 2.15. The molecule has 1 N–H and O–H groups in total. The Balaban J connectivity index is 1.51. The quantitative estimate of drug-likeness (QED) is 0.929. The SMILES string of the molecule is Cc1noc(CNCC2Cc3cc(Cl)ccc3O2)n1. The Hall–Kier alpha value is -1.59. The van der Waals surface area contributed by atoms with Gasteiger partial charge in [-0.05, 0) is 30.7 Å². The molecule has 3 rings (SSSR count). The van der Waals surface area contributed by atoms with Crippen LogP contribution in [-0.2, 0) is 13.0 Å². The second-order valence-corrected chi connectivity index (χ2v) is 5.00. The number of fused-ring (bicyclic) bond motifs is 1. The number of nitrogens with zero attached hydrogens (tertiary/aromatic N) is 2. The van der Waals surface area contributed by atoms with E-state index in [4.69, 9.17) is 20.9 Å². The molecule has 2 aromatic rings. The minimum Gasteiger partial charge on any atom is -0.488 e. The molecule has 0 saturated carbocycles. The van der Waals surface area contributed by atoms with Gasteiger partial charge in [-0.1, -0.05) is 16.8 Å². The van der Waals surface area contributed by atoms with Crippen LogP contribution in [0.2, 0.25) is 5.02 Å². The molecule has 2 heterocycles. The van der Waals surface area contributed by atoms with Crippen LogP contribution in [-0.4, -0.2) is 22.8 Å². The molecule has 1 aliphatic rings. The van der Waals surface area contributed by atoms with Crippen LogP contribution in [0.15, 0.2) is 22.7 Å². The van der Waals surface area contributed by atoms with Crippen LogP contribution < -0.4 is 10.1 Å². The smallest absolute Gasteiger partial charge is 0.240 e. The third kappa shape index (κ3) is 2.88. The van der Waals surface area contributed by atoms with Crippen molar-refractivity contribution in [3.63, 3.8) is 0 Å². The second kappa shape index (κ2) is 5.19. The summed E-state index contributed by atoms with van der Waals surface area (Å²) in [6.45, 7) is 3.08. The van der Waals surface area contributed by atoms with Crippen LogP contribution >= 0.6 is 11.6 Å². The third-order valence-corrected chi connectivity index (χ3v) is 3.22. The highest BCUT2D eigenvalue weighted by Gasteiger charge is 2.22. The Morgan fingerprint density at radius 2 is 2.37 bits per heavy atom. The molecule has 1 unspecified atom stereocenters. The lowest BCUT2D eigenvalue weighted by molar-refractivity contribution is 0.224. The summed E-state index contributed by atoms with van der Waals surface area (Å²) in [5.74, 6) is 2.16. The van der Waals surface area contributed by atoms with Gasteiger partial charge in [-0.15, -0.1) is 0 Å². The van der Waals surface area contributed by atoms with E-state index in [-0.39, 0.29) is 6.10 Å². The van der Waals surface area contributed by atoms with E-state index in [0.717, 1.165) is 29.3 Å². The molecule has 0 fully saturated rings. The van der Waals surface area contributed by atoms with Gasteiger partial charge in [-0.25, -0.2) is 0 Å². The minimum absolute atomic E-state index is 0.123. The number of hydrogen-bond donors (Lipinski definition) is 1. The van der Waals surface area contributed by atoms with Gasteiger partial charge in [0.25, 0.3) is 0 Å². The number of nitrogens with one attached hydrogen (secondary N) is 1. The number of rotatable bonds is 4. The van der Waals surface area contributed by atoms with Crippen molar-refractivity contribution in [1.82, 2.24) is 15.5 Å². The number of aryl methyl sites for hydroxylation is 1. The molecule has 0 radical (unpaired) electrons. The average Bonchev–Trinajstić information content (AvgIpc) is 2.95. The van der Waals surface area contributed by atoms with E-state index >= 15 is 0 Å². The van der Waals surface area contributed by atoms with E-state index < -0.39 is 0 Å². The average molecular weight is 280 g/mol. The summed E-state index contributed by atoms with van der Waals surface area (Å²) in [7, 11) is 0. The monoisotopic (exact) mass is 279 g/mol. The lowest BCUT2D eigenvalue weighted by atomic mass is 10.1. The van der Waals surface area contributed by atoms with Crippen LogP contribution in [0.3, 0.4) is 0 Å². The summed E-state index contributed by atoms with van der Waals surface area (Å²) in [6, 6.07) is 5.72. The zero-order chi connectivity index (χ0) is 13.2. The summed E-state index contributed by atoms with van der Waals surface area (Å²) in [4.78, 5) is 4.13. The maximum atomic E-state index is 5.96. The molecular formula is C13H14ClN3O2. The first-order valence-corrected chi connectivity index (χ1v) is 6.53. The van der Waals surface area contributed by atoms with Crippen LogP contribution in [0.25, 0.3) is 0 Å². The molecule has 1 aromatic carbocycles. The molecule has 0 bridgehead atoms. The summed E-state index contributed by atoms with van der Waals surface area (Å²) in [6.07, 6.45) is 0.989. The summed E-state index contributed by atoms with van der Waals surface area (Å²) >= 11 is 5.96. The van der Waals surface area contributed by atoms with Gasteiger partial charge in [0, 0.05) is 18.0 Å². The van der Waals surface area contributed by atoms with Crippen molar-refractivity contribution in [2.45, 2.75) is 26.0 Å². The van der Waals surface area contributed by atoms with Crippen molar-refractivity contribution < 1.29 is 9.26 Å². The van der Waals surface area contributed by atoms with Crippen molar-refractivity contribution in [3.05, 3.63) is 40.5 Å². The Kier molecular flexibility index (Phi) is 3.40. The summed E-state index contributed by atoms with van der Waals surface area (Å²) in [5.41, 5.74) is 1.16. The number of aromatic nitrogens is 2. The minimum atomic E-state index is 0.123. The predicted octanol–water partition coefficient (Wildman–Crippen LogP) is 2.12. The van der Waals surface area contributed by atoms with E-state index in [1.807, 2.05) is 18.2 Å². The van der Waals surface area contributed by atoms with Crippen molar-refractivity contribution in [2.24, 2.45) is 0 Å². The highest BCUT2D eigenvalue weighted by molar-refractivity contribution is 6.30. The van der Waals surface area contributed by atoms with Crippen molar-refractivity contribution in [2.75, 3.05) is 6.54 Å². The molecule has 1 aliphatic heterocycles. The molecule has 1 atom stereocenters. The largest absolute Gasteiger partial charge is 0.488 e. The van der Waals surface area contributed by atoms with E-state index in [9.17, 15) is 0 Å². The van der Waals surface area contributed by atoms with E-state index in [2.05, 4.69) is 15.5 Å². The fraction of sp³-hybridized carbons (Fsp3) is 0.385. The predicted molar refractivity (Wildman–Crippen MR) is 70.3 cm³/mol. The Labute approximate surface area is 115 Å². The highest BCUT2D eigenvalue weighted by atomic mass is 35.5. The number of benzene rings is 1. The van der Waals surface area contributed by atoms with Crippen LogP contribution in [0.1, 0.15) is 17.3 Å². The van der Waals surface area contributed by atoms with E-state index in [1.165, 1.54) is 0 Å². The topological polar surface area (TPSA) is 60.2 Å². The van der Waals surface area contributed by atoms with Crippen molar-refractivity contribution in [1.29, 1.82) is 0 Å². The van der Waals surface area contributed by atoms with Gasteiger partial charge in [-0.2, -0.15) is 4.98 Å². The highest BCUT2D eigenvalue weighted by Crippen LogP contribution is 2.30. The molecular weight excluding hydrogens is 266 g/mol. The van der Waals surface area contributed by atoms with Gasteiger partial charge in [0.2, 0.25) is 5.89 Å². The molecule has 0 saturated heterocycles. The maximum Gasteiger partial charge on any atom is 0.240 e. The Morgan fingerprint density at radius 3 is 3.16 bits per heavy atom. The maximum absolute atomic E-state index is 5.96. The second-order valence-electron chi connectivity index (χ2n) is 4.56. The van der Waals surface area contributed by atoms with E-state index in [1.54, 1.807) is 6.92 Å². The lowest BCUT2D eigenvalue weighted by Gasteiger charge is -2.10. The summed E-state index contributed by atoms with van der Waals surface area (Å²) < 4.78 is 10.8. The Morgan fingerprint density at radius 1 is 1.47 bits per heavy atom. The number of halogens is 1. The summed E-state index contributed by atoms with van der Waals surface area (Å²) in [5, 5.41) is 7.74. The molecule has 0 spiro atoms. The van der Waals surface area contributed by atoms with Crippen LogP contribution in [0.4, 0.5) is 0 Å². The Bertz CT molecular complexity index is 585. The molecule has 0 aliphatic carbocycles. The zero-order valence-corrected chi connectivity index (χ0v) is 11.3. The fourth-order valence-corrected chi connectivity index (χ4v) is 2.35. The zero-order valence-electron chi connectivity index (χ0n) is 10.5. The first-order chi connectivity index (χ1) is 9.20. The van der Waals surface area contributed by atoms with Crippen LogP contribution in [0, 0.1) is 6.92 Å². The molecule has 1 aromatic heterocycles. The molecule has 5 nitrogen and oxygen atoms in total. The standard InChI is InChI=1S/C13H14ClN3O2/c1-8-16-13(19-17-8)7-15-6-11-5-9-4-10(14)2-3-12(9)18-11/h2-4,11,15H,5-7H2,1H3. The first kappa shape index (κ1) is 12.4. The molecule has 0 amide bonds. The number of hydrogen-bond acceptors (Lipinski definition) is 5. The van der Waals surface area contributed by atoms with Gasteiger partial charge in [0.1, 0.15) is 11.9 Å². The molecule has 19 heavy (non-hydrogen) atoms. The first-order valence-electron chi connectivity index (χ1n) is 6.16. The van der Waals surface area contributed by atoms with Crippen LogP contribution in [0.5, 0.6) is 5.75 Å². The number of ether oxygens (including phenoxy) is 1. The molecule has 6 heteroatoms. The van der Waals surface area contributed by atoms with Crippen molar-refractivity contribution in [3.8, 4) is 5.75 Å². The van der Waals surface area contributed by atoms with Crippen molar-refractivity contribution >= 4 is 11.6 Å². The van der Waals surface area contributed by atoms with Gasteiger partial charge in [0.05, 0.1) is 6.54 Å². The lowest BCUT2D eigenvalue weighted by Crippen LogP contribution is -2.29. The van der Waals surface area contributed by atoms with Gasteiger partial charge in [0.15, 0.2) is 5.82 Å². The normalized spacial score (nSPS) is 17.3. The van der Waals surface area contributed by atoms with Gasteiger partial charge in [-0.3, -0.25) is 0 Å². The van der Waals surface area contributed by atoms with E-state index in [0.29, 0.717) is 18.3 Å². The molecule has 100 valence electrons. The third-order valence-electron chi connectivity index (χ3n) is 2.98.